The van der Waals surface area contributed by atoms with Crippen LogP contribution < -0.4 is 0 Å². The highest BCUT2D eigenvalue weighted by Crippen LogP contribution is 2.34. The number of hydrogen-bond acceptors (Lipinski definition) is 5. The first-order valence-corrected chi connectivity index (χ1v) is 10.7. The number of aromatic hydroxyl groups is 1. The molecule has 0 fully saturated rings. The van der Waals surface area contributed by atoms with Gasteiger partial charge in [-0.05, 0) is 49.5 Å². The molecule has 5 nitrogen and oxygen atoms in total. The number of benzene rings is 1. The molecular weight excluding hydrogens is 352 g/mol. The molecule has 1 aromatic carbocycles. The maximum absolute atomic E-state index is 12.3. The topological polar surface area (TPSA) is 94.8 Å². The van der Waals surface area contributed by atoms with Gasteiger partial charge >= 0.3 is 0 Å². The molecule has 144 valence electrons. The first kappa shape index (κ1) is 20.7. The molecular formula is C20H28O5S. The van der Waals surface area contributed by atoms with E-state index in [4.69, 9.17) is 0 Å². The van der Waals surface area contributed by atoms with Crippen molar-refractivity contribution in [1.82, 2.24) is 0 Å². The third-order valence-electron chi connectivity index (χ3n) is 4.74. The molecule has 0 aliphatic carbocycles. The SMILES string of the molecule is CCCC1=C([C@H](O)CC/C(C)=C/c2cccc(O)c2)[C@H](CO)S(=O)(=O)C1. The zero-order valence-electron chi connectivity index (χ0n) is 15.4. The van der Waals surface area contributed by atoms with Crippen molar-refractivity contribution >= 4 is 15.9 Å². The van der Waals surface area contributed by atoms with Crippen molar-refractivity contribution in [2.75, 3.05) is 12.4 Å². The van der Waals surface area contributed by atoms with Gasteiger partial charge in [0.15, 0.2) is 9.84 Å². The zero-order chi connectivity index (χ0) is 19.3. The summed E-state index contributed by atoms with van der Waals surface area (Å²) in [7, 11) is -3.42. The van der Waals surface area contributed by atoms with E-state index in [2.05, 4.69) is 0 Å². The molecule has 26 heavy (non-hydrogen) atoms. The van der Waals surface area contributed by atoms with Crippen LogP contribution in [0.2, 0.25) is 0 Å². The Hall–Kier alpha value is -1.63. The summed E-state index contributed by atoms with van der Waals surface area (Å²) >= 11 is 0. The molecule has 3 N–H and O–H groups in total. The fraction of sp³-hybridized carbons (Fsp3) is 0.500. The minimum atomic E-state index is -3.42. The van der Waals surface area contributed by atoms with Gasteiger partial charge in [0.1, 0.15) is 11.0 Å². The van der Waals surface area contributed by atoms with Crippen LogP contribution in [-0.2, 0) is 9.84 Å². The fourth-order valence-corrected chi connectivity index (χ4v) is 5.46. The molecule has 1 heterocycles. The summed E-state index contributed by atoms with van der Waals surface area (Å²) < 4.78 is 24.5. The lowest BCUT2D eigenvalue weighted by molar-refractivity contribution is 0.188. The standard InChI is InChI=1S/C20H28O5S/c1-3-5-16-13-26(24,25)19(12-21)20(16)18(23)9-8-14(2)10-15-6-4-7-17(22)11-15/h4,6-7,10-11,18-19,21-23H,3,5,8-9,12-13H2,1-2H3/b14-10+/t18-,19+/m1/s1. The van der Waals surface area contributed by atoms with Gasteiger partial charge in [-0.15, -0.1) is 0 Å². The molecule has 0 amide bonds. The smallest absolute Gasteiger partial charge is 0.163 e. The van der Waals surface area contributed by atoms with Gasteiger partial charge in [0.05, 0.1) is 18.5 Å². The van der Waals surface area contributed by atoms with Crippen molar-refractivity contribution in [2.24, 2.45) is 0 Å². The zero-order valence-corrected chi connectivity index (χ0v) is 16.2. The highest BCUT2D eigenvalue weighted by molar-refractivity contribution is 7.92. The number of aliphatic hydroxyl groups excluding tert-OH is 2. The largest absolute Gasteiger partial charge is 0.508 e. The van der Waals surface area contributed by atoms with Crippen molar-refractivity contribution in [3.63, 3.8) is 0 Å². The van der Waals surface area contributed by atoms with Crippen LogP contribution in [0.1, 0.15) is 45.1 Å². The van der Waals surface area contributed by atoms with E-state index < -0.39 is 27.8 Å². The van der Waals surface area contributed by atoms with Crippen LogP contribution in [-0.4, -0.2) is 47.5 Å². The van der Waals surface area contributed by atoms with E-state index in [1.165, 1.54) is 0 Å². The number of hydrogen-bond donors (Lipinski definition) is 3. The van der Waals surface area contributed by atoms with Gasteiger partial charge in [0.2, 0.25) is 0 Å². The Bertz CT molecular complexity index is 792. The van der Waals surface area contributed by atoms with Gasteiger partial charge in [-0.2, -0.15) is 0 Å². The maximum atomic E-state index is 12.3. The number of allylic oxidation sites excluding steroid dienone is 1. The van der Waals surface area contributed by atoms with Gasteiger partial charge in [0, 0.05) is 0 Å². The van der Waals surface area contributed by atoms with Crippen LogP contribution in [0, 0.1) is 0 Å². The number of sulfone groups is 1. The van der Waals surface area contributed by atoms with Crippen LogP contribution in [0.5, 0.6) is 5.75 Å². The van der Waals surface area contributed by atoms with Crippen molar-refractivity contribution < 1.29 is 23.7 Å². The number of rotatable bonds is 8. The number of phenols is 1. The second kappa shape index (κ2) is 8.84. The van der Waals surface area contributed by atoms with Crippen LogP contribution in [0.25, 0.3) is 6.08 Å². The second-order valence-electron chi connectivity index (χ2n) is 6.93. The molecule has 2 atom stereocenters. The first-order valence-electron chi connectivity index (χ1n) is 8.97. The minimum absolute atomic E-state index is 0.0590. The Morgan fingerprint density at radius 1 is 1.38 bits per heavy atom. The van der Waals surface area contributed by atoms with E-state index in [1.54, 1.807) is 18.2 Å². The minimum Gasteiger partial charge on any atom is -0.508 e. The summed E-state index contributed by atoms with van der Waals surface area (Å²) in [6.45, 7) is 3.42. The molecule has 0 radical (unpaired) electrons. The highest BCUT2D eigenvalue weighted by Gasteiger charge is 2.40. The Morgan fingerprint density at radius 2 is 2.12 bits per heavy atom. The van der Waals surface area contributed by atoms with Gasteiger partial charge in [-0.25, -0.2) is 8.42 Å². The number of phenolic OH excluding ortho intramolecular Hbond substituents is 1. The van der Waals surface area contributed by atoms with Gasteiger partial charge < -0.3 is 15.3 Å². The summed E-state index contributed by atoms with van der Waals surface area (Å²) in [4.78, 5) is 0. The van der Waals surface area contributed by atoms with Crippen LogP contribution >= 0.6 is 0 Å². The summed E-state index contributed by atoms with van der Waals surface area (Å²) in [5, 5.41) is 28.7. The lowest BCUT2D eigenvalue weighted by atomic mass is 9.93. The van der Waals surface area contributed by atoms with E-state index >= 15 is 0 Å². The van der Waals surface area contributed by atoms with E-state index in [9.17, 15) is 23.7 Å². The van der Waals surface area contributed by atoms with Crippen LogP contribution in [0.4, 0.5) is 0 Å². The van der Waals surface area contributed by atoms with Gasteiger partial charge in [0.25, 0.3) is 0 Å². The second-order valence-corrected chi connectivity index (χ2v) is 9.11. The lowest BCUT2D eigenvalue weighted by Crippen LogP contribution is -2.29. The Kier molecular flexibility index (Phi) is 7.03. The van der Waals surface area contributed by atoms with E-state index in [0.717, 1.165) is 23.1 Å². The van der Waals surface area contributed by atoms with Crippen molar-refractivity contribution in [1.29, 1.82) is 0 Å². The Balaban J connectivity index is 2.12. The molecule has 1 aromatic rings. The quantitative estimate of drug-likeness (QED) is 0.603. The summed E-state index contributed by atoms with van der Waals surface area (Å²) in [6.07, 6.45) is 3.48. The van der Waals surface area contributed by atoms with Crippen molar-refractivity contribution in [3.05, 3.63) is 46.5 Å². The summed E-state index contributed by atoms with van der Waals surface area (Å²) in [5.74, 6) is 0.138. The third kappa shape index (κ3) is 4.96. The van der Waals surface area contributed by atoms with E-state index in [0.29, 0.717) is 24.8 Å². The summed E-state index contributed by atoms with van der Waals surface area (Å²) in [5.41, 5.74) is 3.15. The molecule has 6 heteroatoms. The molecule has 0 saturated carbocycles. The molecule has 0 spiro atoms. The first-order chi connectivity index (χ1) is 12.3. The molecule has 0 saturated heterocycles. The molecule has 0 unspecified atom stereocenters. The van der Waals surface area contributed by atoms with Gasteiger partial charge in [-0.1, -0.05) is 42.7 Å². The Labute approximate surface area is 155 Å². The van der Waals surface area contributed by atoms with Crippen LogP contribution in [0.15, 0.2) is 41.0 Å². The average Bonchev–Trinajstić information content (AvgIpc) is 2.82. The highest BCUT2D eigenvalue weighted by atomic mass is 32.2. The third-order valence-corrected chi connectivity index (χ3v) is 6.76. The molecule has 1 aliphatic rings. The Morgan fingerprint density at radius 3 is 2.73 bits per heavy atom. The molecule has 1 aliphatic heterocycles. The van der Waals surface area contributed by atoms with E-state index in [1.807, 2.05) is 26.0 Å². The maximum Gasteiger partial charge on any atom is 0.163 e. The lowest BCUT2D eigenvalue weighted by Gasteiger charge is -2.19. The van der Waals surface area contributed by atoms with Gasteiger partial charge in [-0.3, -0.25) is 0 Å². The normalized spacial score (nSPS) is 21.2. The average molecular weight is 381 g/mol. The van der Waals surface area contributed by atoms with E-state index in [-0.39, 0.29) is 11.5 Å². The number of aliphatic hydroxyl groups is 2. The molecule has 0 aromatic heterocycles. The van der Waals surface area contributed by atoms with Crippen molar-refractivity contribution in [2.45, 2.75) is 50.9 Å². The molecule has 2 rings (SSSR count). The predicted octanol–water partition coefficient (Wildman–Crippen LogP) is 2.82. The molecule has 0 bridgehead atoms. The van der Waals surface area contributed by atoms with Crippen molar-refractivity contribution in [3.8, 4) is 5.75 Å². The fourth-order valence-electron chi connectivity index (χ4n) is 3.52. The van der Waals surface area contributed by atoms with Crippen LogP contribution in [0.3, 0.4) is 0 Å². The predicted molar refractivity (Wildman–Crippen MR) is 104 cm³/mol. The monoisotopic (exact) mass is 380 g/mol. The summed E-state index contributed by atoms with van der Waals surface area (Å²) in [6, 6.07) is 6.91.